The van der Waals surface area contributed by atoms with Gasteiger partial charge in [0.15, 0.2) is 0 Å². The van der Waals surface area contributed by atoms with Gasteiger partial charge in [0, 0.05) is 38.8 Å². The molecule has 0 bridgehead atoms. The Morgan fingerprint density at radius 2 is 2.26 bits per heavy atom. The van der Waals surface area contributed by atoms with E-state index in [0.717, 1.165) is 37.4 Å². The van der Waals surface area contributed by atoms with Crippen molar-refractivity contribution in [2.24, 2.45) is 0 Å². The fourth-order valence-corrected chi connectivity index (χ4v) is 2.70. The molecule has 0 atom stereocenters. The van der Waals surface area contributed by atoms with Gasteiger partial charge in [-0.25, -0.2) is 4.98 Å². The van der Waals surface area contributed by atoms with Gasteiger partial charge in [-0.05, 0) is 11.6 Å². The minimum atomic E-state index is -0.0374. The minimum Gasteiger partial charge on any atom is -0.481 e. The van der Waals surface area contributed by atoms with Crippen molar-refractivity contribution >= 4 is 5.91 Å². The summed E-state index contributed by atoms with van der Waals surface area (Å²) in [6.07, 6.45) is 1.85. The second-order valence-corrected chi connectivity index (χ2v) is 5.68. The van der Waals surface area contributed by atoms with Crippen molar-refractivity contribution < 1.29 is 9.53 Å². The quantitative estimate of drug-likeness (QED) is 0.889. The van der Waals surface area contributed by atoms with Gasteiger partial charge < -0.3 is 10.1 Å². The Bertz CT molecular complexity index is 680. The maximum atomic E-state index is 11.0. The zero-order valence-corrected chi connectivity index (χ0v) is 13.5. The molecule has 1 N–H and O–H groups in total. The Hall–Kier alpha value is -2.41. The first-order valence-electron chi connectivity index (χ1n) is 7.65. The number of fused-ring (bicyclic) bond motifs is 1. The Balaban J connectivity index is 1.61. The third-order valence-electron chi connectivity index (χ3n) is 3.86. The van der Waals surface area contributed by atoms with E-state index in [9.17, 15) is 4.79 Å². The fourth-order valence-electron chi connectivity index (χ4n) is 2.70. The van der Waals surface area contributed by atoms with Crippen LogP contribution in [-0.2, 0) is 31.0 Å². The van der Waals surface area contributed by atoms with Crippen LogP contribution in [0.3, 0.4) is 0 Å². The van der Waals surface area contributed by atoms with Crippen molar-refractivity contribution in [2.45, 2.75) is 33.1 Å². The number of amides is 1. The van der Waals surface area contributed by atoms with Crippen molar-refractivity contribution in [2.75, 3.05) is 13.7 Å². The fraction of sp³-hybridized carbons (Fsp3) is 0.438. The molecule has 0 aromatic carbocycles. The average molecular weight is 315 g/mol. The van der Waals surface area contributed by atoms with Crippen molar-refractivity contribution in [3.63, 3.8) is 0 Å². The van der Waals surface area contributed by atoms with E-state index in [2.05, 4.69) is 26.4 Å². The summed E-state index contributed by atoms with van der Waals surface area (Å²) in [7, 11) is 1.62. The summed E-state index contributed by atoms with van der Waals surface area (Å²) >= 11 is 0. The third-order valence-corrected chi connectivity index (χ3v) is 3.86. The summed E-state index contributed by atoms with van der Waals surface area (Å²) in [5.41, 5.74) is 3.25. The molecule has 3 rings (SSSR count). The molecule has 1 aliphatic rings. The number of hydrogen-bond acceptors (Lipinski definition) is 5. The first-order chi connectivity index (χ1) is 11.1. The predicted molar refractivity (Wildman–Crippen MR) is 84.7 cm³/mol. The average Bonchev–Trinajstić information content (AvgIpc) is 2.96. The monoisotopic (exact) mass is 315 g/mol. The topological polar surface area (TPSA) is 72.3 Å². The van der Waals surface area contributed by atoms with E-state index in [4.69, 9.17) is 4.74 Å². The van der Waals surface area contributed by atoms with Gasteiger partial charge in [-0.2, -0.15) is 5.10 Å². The normalized spacial score (nSPS) is 14.3. The van der Waals surface area contributed by atoms with E-state index >= 15 is 0 Å². The molecule has 7 heteroatoms. The summed E-state index contributed by atoms with van der Waals surface area (Å²) in [6.45, 7) is 5.50. The van der Waals surface area contributed by atoms with E-state index in [1.807, 2.05) is 23.0 Å². The van der Waals surface area contributed by atoms with E-state index in [1.54, 1.807) is 7.11 Å². The number of hydrogen-bond donors (Lipinski definition) is 1. The highest BCUT2D eigenvalue weighted by Gasteiger charge is 2.18. The molecular formula is C16H21N5O2. The SMILES string of the molecule is COc1ccc(CN2CCn3nc(CNC(C)=O)cc3C2)cn1. The molecule has 1 amide bonds. The smallest absolute Gasteiger partial charge is 0.217 e. The van der Waals surface area contributed by atoms with Crippen LogP contribution in [0.1, 0.15) is 23.9 Å². The molecule has 0 spiro atoms. The maximum Gasteiger partial charge on any atom is 0.217 e. The van der Waals surface area contributed by atoms with Crippen molar-refractivity contribution in [3.05, 3.63) is 41.3 Å². The van der Waals surface area contributed by atoms with Gasteiger partial charge >= 0.3 is 0 Å². The summed E-state index contributed by atoms with van der Waals surface area (Å²) in [4.78, 5) is 17.6. The Morgan fingerprint density at radius 3 is 2.96 bits per heavy atom. The van der Waals surface area contributed by atoms with E-state index in [-0.39, 0.29) is 5.91 Å². The van der Waals surface area contributed by atoms with Crippen LogP contribution < -0.4 is 10.1 Å². The van der Waals surface area contributed by atoms with E-state index in [0.29, 0.717) is 12.4 Å². The lowest BCUT2D eigenvalue weighted by atomic mass is 10.2. The number of carbonyl (C=O) groups is 1. The number of carbonyl (C=O) groups excluding carboxylic acids is 1. The molecule has 0 aliphatic carbocycles. The second-order valence-electron chi connectivity index (χ2n) is 5.68. The zero-order valence-electron chi connectivity index (χ0n) is 13.5. The number of ether oxygens (including phenoxy) is 1. The highest BCUT2D eigenvalue weighted by Crippen LogP contribution is 2.17. The molecule has 0 radical (unpaired) electrons. The van der Waals surface area contributed by atoms with Crippen LogP contribution in [0.5, 0.6) is 5.88 Å². The summed E-state index contributed by atoms with van der Waals surface area (Å²) < 4.78 is 7.11. The number of methoxy groups -OCH3 is 1. The molecule has 122 valence electrons. The number of nitrogens with zero attached hydrogens (tertiary/aromatic N) is 4. The van der Waals surface area contributed by atoms with E-state index < -0.39 is 0 Å². The molecule has 23 heavy (non-hydrogen) atoms. The van der Waals surface area contributed by atoms with Gasteiger partial charge in [0.05, 0.1) is 31.6 Å². The van der Waals surface area contributed by atoms with Gasteiger partial charge in [0.1, 0.15) is 0 Å². The highest BCUT2D eigenvalue weighted by molar-refractivity contribution is 5.72. The molecule has 3 heterocycles. The maximum absolute atomic E-state index is 11.0. The minimum absolute atomic E-state index is 0.0374. The third kappa shape index (κ3) is 3.87. The summed E-state index contributed by atoms with van der Waals surface area (Å²) in [5.74, 6) is 0.595. The lowest BCUT2D eigenvalue weighted by Crippen LogP contribution is -2.33. The van der Waals surface area contributed by atoms with Crippen LogP contribution in [0.2, 0.25) is 0 Å². The second kappa shape index (κ2) is 6.78. The lowest BCUT2D eigenvalue weighted by Gasteiger charge is -2.27. The summed E-state index contributed by atoms with van der Waals surface area (Å²) in [5, 5.41) is 7.32. The number of pyridine rings is 1. The van der Waals surface area contributed by atoms with Crippen LogP contribution in [0.15, 0.2) is 24.4 Å². The molecule has 0 saturated heterocycles. The highest BCUT2D eigenvalue weighted by atomic mass is 16.5. The standard InChI is InChI=1S/C16H21N5O2/c1-12(22)17-9-14-7-15-11-20(5-6-21(15)19-14)10-13-3-4-16(23-2)18-8-13/h3-4,7-8H,5-6,9-11H2,1-2H3,(H,17,22). The Morgan fingerprint density at radius 1 is 1.39 bits per heavy atom. The zero-order chi connectivity index (χ0) is 16.2. The van der Waals surface area contributed by atoms with Crippen LogP contribution >= 0.6 is 0 Å². The van der Waals surface area contributed by atoms with E-state index in [1.165, 1.54) is 12.6 Å². The van der Waals surface area contributed by atoms with Crippen LogP contribution in [0.4, 0.5) is 0 Å². The molecule has 0 fully saturated rings. The molecule has 0 unspecified atom stereocenters. The predicted octanol–water partition coefficient (Wildman–Crippen LogP) is 0.939. The van der Waals surface area contributed by atoms with Crippen molar-refractivity contribution in [1.82, 2.24) is 25.0 Å². The largest absolute Gasteiger partial charge is 0.481 e. The van der Waals surface area contributed by atoms with Crippen LogP contribution in [-0.4, -0.2) is 39.2 Å². The molecule has 0 saturated carbocycles. The van der Waals surface area contributed by atoms with Gasteiger partial charge in [-0.3, -0.25) is 14.4 Å². The van der Waals surface area contributed by atoms with Gasteiger partial charge in [-0.15, -0.1) is 0 Å². The Labute approximate surface area is 135 Å². The number of rotatable bonds is 5. The molecule has 2 aromatic rings. The van der Waals surface area contributed by atoms with Crippen molar-refractivity contribution in [3.8, 4) is 5.88 Å². The van der Waals surface area contributed by atoms with Gasteiger partial charge in [0.25, 0.3) is 0 Å². The molecular weight excluding hydrogens is 294 g/mol. The number of aromatic nitrogens is 3. The van der Waals surface area contributed by atoms with Crippen LogP contribution in [0, 0.1) is 0 Å². The molecule has 2 aromatic heterocycles. The van der Waals surface area contributed by atoms with Crippen LogP contribution in [0.25, 0.3) is 0 Å². The first-order valence-corrected chi connectivity index (χ1v) is 7.65. The van der Waals surface area contributed by atoms with Gasteiger partial charge in [-0.1, -0.05) is 6.07 Å². The van der Waals surface area contributed by atoms with Crippen molar-refractivity contribution in [1.29, 1.82) is 0 Å². The molecule has 7 nitrogen and oxygen atoms in total. The lowest BCUT2D eigenvalue weighted by molar-refractivity contribution is -0.119. The first kappa shape index (κ1) is 15.5. The molecule has 1 aliphatic heterocycles. The number of nitrogens with one attached hydrogen (secondary N) is 1. The Kier molecular flexibility index (Phi) is 4.57. The van der Waals surface area contributed by atoms with Gasteiger partial charge in [0.2, 0.25) is 11.8 Å². The summed E-state index contributed by atoms with van der Waals surface area (Å²) in [6, 6.07) is 5.99.